The van der Waals surface area contributed by atoms with Gasteiger partial charge in [-0.3, -0.25) is 9.59 Å². The van der Waals surface area contributed by atoms with E-state index in [0.29, 0.717) is 36.1 Å². The highest BCUT2D eigenvalue weighted by atomic mass is 32.1. The number of hydrogen-bond acceptors (Lipinski definition) is 7. The maximum absolute atomic E-state index is 12.7. The molecule has 1 atom stereocenters. The van der Waals surface area contributed by atoms with E-state index in [0.717, 1.165) is 43.5 Å². The molecule has 0 saturated carbocycles. The fourth-order valence-corrected chi connectivity index (χ4v) is 5.31. The number of likely N-dealkylation sites (tertiary alicyclic amines) is 1. The number of pyridine rings is 1. The first-order chi connectivity index (χ1) is 16.3. The van der Waals surface area contributed by atoms with Crippen molar-refractivity contribution in [3.05, 3.63) is 51.0 Å². The first-order valence-electron chi connectivity index (χ1n) is 11.7. The van der Waals surface area contributed by atoms with E-state index in [9.17, 15) is 9.59 Å². The van der Waals surface area contributed by atoms with Crippen molar-refractivity contribution in [3.63, 3.8) is 0 Å². The van der Waals surface area contributed by atoms with Crippen LogP contribution in [0.25, 0.3) is 0 Å². The van der Waals surface area contributed by atoms with Crippen molar-refractivity contribution < 1.29 is 9.59 Å². The summed E-state index contributed by atoms with van der Waals surface area (Å²) in [4.78, 5) is 33.7. The minimum atomic E-state index is -0.151. The molecule has 1 saturated heterocycles. The van der Waals surface area contributed by atoms with Gasteiger partial charge in [-0.1, -0.05) is 0 Å². The van der Waals surface area contributed by atoms with Crippen LogP contribution in [0.1, 0.15) is 59.1 Å². The molecule has 1 aliphatic heterocycles. The molecular weight excluding hydrogens is 448 g/mol. The molecule has 3 heterocycles. The highest BCUT2D eigenvalue weighted by Crippen LogP contribution is 2.22. The lowest BCUT2D eigenvalue weighted by atomic mass is 10.00. The van der Waals surface area contributed by atoms with Gasteiger partial charge in [-0.25, -0.2) is 4.98 Å². The van der Waals surface area contributed by atoms with E-state index in [4.69, 9.17) is 11.0 Å². The Hall–Kier alpha value is -2.80. The Morgan fingerprint density at radius 2 is 2.12 bits per heavy atom. The maximum atomic E-state index is 12.7. The smallest absolute Gasteiger partial charge is 0.253 e. The average molecular weight is 483 g/mol. The lowest BCUT2D eigenvalue weighted by Gasteiger charge is -2.40. The van der Waals surface area contributed by atoms with Gasteiger partial charge in [0.25, 0.3) is 5.91 Å². The third-order valence-corrected chi connectivity index (χ3v) is 7.31. The summed E-state index contributed by atoms with van der Waals surface area (Å²) in [5.74, 6) is -0.148. The summed E-state index contributed by atoms with van der Waals surface area (Å²) >= 11 is 1.64. The van der Waals surface area contributed by atoms with Crippen LogP contribution in [-0.4, -0.2) is 64.9 Å². The zero-order chi connectivity index (χ0) is 24.7. The van der Waals surface area contributed by atoms with Crippen molar-refractivity contribution in [1.82, 2.24) is 20.1 Å². The molecule has 2 aromatic heterocycles. The number of thiophene rings is 1. The molecule has 182 valence electrons. The molecule has 0 aliphatic carbocycles. The van der Waals surface area contributed by atoms with Crippen LogP contribution in [0.4, 0.5) is 0 Å². The number of hydrogen-bond donors (Lipinski definition) is 2. The molecule has 3 rings (SSSR count). The molecule has 0 spiro atoms. The lowest BCUT2D eigenvalue weighted by Crippen LogP contribution is -2.50. The number of nitrogens with two attached hydrogens (primary N) is 1. The summed E-state index contributed by atoms with van der Waals surface area (Å²) in [6.07, 6.45) is 2.67. The van der Waals surface area contributed by atoms with E-state index in [1.54, 1.807) is 24.3 Å². The molecular formula is C25H34N6O2S. The fraction of sp³-hybridized carbons (Fsp3) is 0.520. The van der Waals surface area contributed by atoms with Crippen LogP contribution in [-0.2, 0) is 11.3 Å². The van der Waals surface area contributed by atoms with E-state index in [1.807, 2.05) is 23.3 Å². The molecule has 0 unspecified atom stereocenters. The molecule has 1 fully saturated rings. The Morgan fingerprint density at radius 3 is 2.71 bits per heavy atom. The summed E-state index contributed by atoms with van der Waals surface area (Å²) in [6.45, 7) is 8.81. The van der Waals surface area contributed by atoms with E-state index in [-0.39, 0.29) is 24.4 Å². The normalized spacial score (nSPS) is 15.5. The van der Waals surface area contributed by atoms with Gasteiger partial charge >= 0.3 is 0 Å². The number of nitrogens with zero attached hydrogens (tertiary/aromatic N) is 4. The number of carbonyl (C=O) groups excluding carboxylic acids is 2. The first kappa shape index (κ1) is 25.8. The number of carbonyl (C=O) groups is 2. The Kier molecular flexibility index (Phi) is 9.16. The number of aryl methyl sites for hydroxylation is 2. The van der Waals surface area contributed by atoms with Crippen LogP contribution in [0, 0.1) is 25.2 Å². The molecule has 2 amide bonds. The second-order valence-electron chi connectivity index (χ2n) is 8.91. The zero-order valence-electron chi connectivity index (χ0n) is 20.2. The standard InChI is InChI=1S/C25H34N6O2S/c1-17-12-21(13-26)29-19(3)24(17)25(33)28-8-4-18(2)30-9-5-22(6-10-30)31(23(32)14-27)15-20-7-11-34-16-20/h7,11-12,16,18,22H,4-6,8-10,14-15,27H2,1-3H3,(H,28,33)/t18-/m1/s1. The predicted molar refractivity (Wildman–Crippen MR) is 133 cm³/mol. The highest BCUT2D eigenvalue weighted by molar-refractivity contribution is 7.07. The quantitative estimate of drug-likeness (QED) is 0.568. The Balaban J connectivity index is 1.48. The monoisotopic (exact) mass is 482 g/mol. The number of rotatable bonds is 9. The highest BCUT2D eigenvalue weighted by Gasteiger charge is 2.29. The predicted octanol–water partition coefficient (Wildman–Crippen LogP) is 2.59. The van der Waals surface area contributed by atoms with Crippen molar-refractivity contribution in [3.8, 4) is 6.07 Å². The molecule has 3 N–H and O–H groups in total. The van der Waals surface area contributed by atoms with Gasteiger partial charge in [0.2, 0.25) is 5.91 Å². The number of aromatic nitrogens is 1. The molecule has 9 heteroatoms. The van der Waals surface area contributed by atoms with Gasteiger partial charge in [0.05, 0.1) is 17.8 Å². The van der Waals surface area contributed by atoms with Gasteiger partial charge in [-0.15, -0.1) is 0 Å². The molecule has 2 aromatic rings. The SMILES string of the molecule is Cc1cc(C#N)nc(C)c1C(=O)NCC[C@@H](C)N1CCC(N(Cc2ccsc2)C(=O)CN)CC1. The molecule has 1 aliphatic rings. The van der Waals surface area contributed by atoms with Gasteiger partial charge in [-0.05, 0) is 74.1 Å². The number of amides is 2. The largest absolute Gasteiger partial charge is 0.352 e. The average Bonchev–Trinajstić information content (AvgIpc) is 3.35. The van der Waals surface area contributed by atoms with E-state index >= 15 is 0 Å². The van der Waals surface area contributed by atoms with Crippen LogP contribution in [0.2, 0.25) is 0 Å². The Morgan fingerprint density at radius 1 is 1.38 bits per heavy atom. The van der Waals surface area contributed by atoms with E-state index in [2.05, 4.69) is 33.6 Å². The Bertz CT molecular complexity index is 1000. The third-order valence-electron chi connectivity index (χ3n) is 6.58. The first-order valence-corrected chi connectivity index (χ1v) is 12.7. The minimum absolute atomic E-state index is 0.00305. The van der Waals surface area contributed by atoms with Gasteiger partial charge in [0.1, 0.15) is 11.8 Å². The van der Waals surface area contributed by atoms with Crippen molar-refractivity contribution >= 4 is 23.2 Å². The fourth-order valence-electron chi connectivity index (χ4n) is 4.65. The van der Waals surface area contributed by atoms with Crippen molar-refractivity contribution in [2.75, 3.05) is 26.2 Å². The molecule has 0 aromatic carbocycles. The van der Waals surface area contributed by atoms with Crippen LogP contribution in [0.3, 0.4) is 0 Å². The second kappa shape index (κ2) is 12.1. The van der Waals surface area contributed by atoms with Gasteiger partial charge in [0, 0.05) is 38.3 Å². The summed E-state index contributed by atoms with van der Waals surface area (Å²) in [7, 11) is 0. The topological polar surface area (TPSA) is 115 Å². The van der Waals surface area contributed by atoms with Gasteiger partial charge in [-0.2, -0.15) is 16.6 Å². The van der Waals surface area contributed by atoms with Crippen molar-refractivity contribution in [2.45, 2.75) is 58.7 Å². The van der Waals surface area contributed by atoms with E-state index < -0.39 is 0 Å². The molecule has 8 nitrogen and oxygen atoms in total. The molecule has 0 radical (unpaired) electrons. The van der Waals surface area contributed by atoms with Crippen LogP contribution >= 0.6 is 11.3 Å². The summed E-state index contributed by atoms with van der Waals surface area (Å²) in [6, 6.07) is 6.25. The van der Waals surface area contributed by atoms with Gasteiger partial charge < -0.3 is 20.9 Å². The maximum Gasteiger partial charge on any atom is 0.253 e. The lowest BCUT2D eigenvalue weighted by molar-refractivity contribution is -0.133. The van der Waals surface area contributed by atoms with E-state index in [1.165, 1.54) is 0 Å². The number of nitrogens with one attached hydrogen (secondary N) is 1. The van der Waals surface area contributed by atoms with Gasteiger partial charge in [0.15, 0.2) is 0 Å². The summed E-state index contributed by atoms with van der Waals surface area (Å²) < 4.78 is 0. The zero-order valence-corrected chi connectivity index (χ0v) is 21.0. The van der Waals surface area contributed by atoms with Crippen LogP contribution < -0.4 is 11.1 Å². The molecule has 34 heavy (non-hydrogen) atoms. The Labute approximate surface area is 205 Å². The second-order valence-corrected chi connectivity index (χ2v) is 9.69. The van der Waals surface area contributed by atoms with Crippen LogP contribution in [0.15, 0.2) is 22.9 Å². The summed E-state index contributed by atoms with van der Waals surface area (Å²) in [5, 5.41) is 16.2. The summed E-state index contributed by atoms with van der Waals surface area (Å²) in [5.41, 5.74) is 9.04. The minimum Gasteiger partial charge on any atom is -0.352 e. The number of piperidine rings is 1. The third kappa shape index (κ3) is 6.41. The van der Waals surface area contributed by atoms with Crippen LogP contribution in [0.5, 0.6) is 0 Å². The number of nitriles is 1. The van der Waals surface area contributed by atoms with Crippen molar-refractivity contribution in [1.29, 1.82) is 5.26 Å². The van der Waals surface area contributed by atoms with Crippen molar-refractivity contribution in [2.24, 2.45) is 5.73 Å². The molecule has 0 bridgehead atoms.